The largest absolute Gasteiger partial charge is 0.339 e. The third kappa shape index (κ3) is 4.56. The fourth-order valence-electron chi connectivity index (χ4n) is 4.92. The van der Waals surface area contributed by atoms with Crippen LogP contribution in [0.2, 0.25) is 0 Å². The van der Waals surface area contributed by atoms with Crippen molar-refractivity contribution in [2.75, 3.05) is 26.2 Å². The van der Waals surface area contributed by atoms with Gasteiger partial charge in [0.25, 0.3) is 0 Å². The van der Waals surface area contributed by atoms with Gasteiger partial charge in [-0.1, -0.05) is 44.2 Å². The Morgan fingerprint density at radius 3 is 2.25 bits per heavy atom. The number of nitrogens with zero attached hydrogens (tertiary/aromatic N) is 2. The SMILES string of the molecule is O=C(CCC1CCCCC1)N1CCN(C(=O)C2CC2c2ccc(F)cc2)CC1. The van der Waals surface area contributed by atoms with Crippen molar-refractivity contribution in [3.05, 3.63) is 35.6 Å². The number of hydrogen-bond donors (Lipinski definition) is 0. The summed E-state index contributed by atoms with van der Waals surface area (Å²) in [5, 5.41) is 0. The molecule has 2 unspecified atom stereocenters. The van der Waals surface area contributed by atoms with Crippen LogP contribution in [0, 0.1) is 17.7 Å². The Morgan fingerprint density at radius 2 is 1.57 bits per heavy atom. The summed E-state index contributed by atoms with van der Waals surface area (Å²) in [5.41, 5.74) is 1.05. The number of benzene rings is 1. The molecule has 0 aromatic heterocycles. The van der Waals surface area contributed by atoms with Crippen molar-refractivity contribution in [1.82, 2.24) is 9.80 Å². The molecule has 0 N–H and O–H groups in total. The molecule has 4 nitrogen and oxygen atoms in total. The monoisotopic (exact) mass is 386 g/mol. The van der Waals surface area contributed by atoms with E-state index in [-0.39, 0.29) is 29.5 Å². The highest BCUT2D eigenvalue weighted by Crippen LogP contribution is 2.48. The van der Waals surface area contributed by atoms with E-state index in [4.69, 9.17) is 0 Å². The first-order valence-corrected chi connectivity index (χ1v) is 10.9. The van der Waals surface area contributed by atoms with E-state index in [9.17, 15) is 14.0 Å². The van der Waals surface area contributed by atoms with Crippen molar-refractivity contribution in [1.29, 1.82) is 0 Å². The molecule has 1 aliphatic heterocycles. The zero-order valence-corrected chi connectivity index (χ0v) is 16.6. The van der Waals surface area contributed by atoms with Gasteiger partial charge in [0.15, 0.2) is 0 Å². The summed E-state index contributed by atoms with van der Waals surface area (Å²) in [7, 11) is 0. The summed E-state index contributed by atoms with van der Waals surface area (Å²) in [6.45, 7) is 2.59. The van der Waals surface area contributed by atoms with Crippen LogP contribution >= 0.6 is 0 Å². The first-order chi connectivity index (χ1) is 13.6. The van der Waals surface area contributed by atoms with Crippen molar-refractivity contribution < 1.29 is 14.0 Å². The molecule has 152 valence electrons. The van der Waals surface area contributed by atoms with E-state index in [0.717, 1.165) is 24.3 Å². The summed E-state index contributed by atoms with van der Waals surface area (Å²) in [6.07, 6.45) is 9.10. The second-order valence-electron chi connectivity index (χ2n) is 8.75. The summed E-state index contributed by atoms with van der Waals surface area (Å²) in [6, 6.07) is 6.51. The van der Waals surface area contributed by atoms with Crippen LogP contribution in [0.25, 0.3) is 0 Å². The lowest BCUT2D eigenvalue weighted by Crippen LogP contribution is -2.51. The molecule has 2 amide bonds. The van der Waals surface area contributed by atoms with Crippen LogP contribution in [0.1, 0.15) is 62.8 Å². The summed E-state index contributed by atoms with van der Waals surface area (Å²) in [5.74, 6) is 1.20. The maximum Gasteiger partial charge on any atom is 0.226 e. The molecule has 1 aromatic carbocycles. The number of amides is 2. The maximum absolute atomic E-state index is 13.1. The predicted octanol–water partition coefficient (Wildman–Crippen LogP) is 3.96. The Morgan fingerprint density at radius 1 is 0.929 bits per heavy atom. The highest BCUT2D eigenvalue weighted by molar-refractivity contribution is 5.83. The van der Waals surface area contributed by atoms with E-state index >= 15 is 0 Å². The molecule has 1 saturated heterocycles. The predicted molar refractivity (Wildman–Crippen MR) is 106 cm³/mol. The van der Waals surface area contributed by atoms with Crippen LogP contribution in [0.4, 0.5) is 4.39 Å². The van der Waals surface area contributed by atoms with E-state index in [1.54, 1.807) is 12.1 Å². The normalized spacial score (nSPS) is 25.6. The molecule has 28 heavy (non-hydrogen) atoms. The van der Waals surface area contributed by atoms with Crippen molar-refractivity contribution in [2.45, 2.75) is 57.3 Å². The average Bonchev–Trinajstić information content (AvgIpc) is 3.54. The third-order valence-corrected chi connectivity index (χ3v) is 6.84. The van der Waals surface area contributed by atoms with Crippen LogP contribution in [0.5, 0.6) is 0 Å². The van der Waals surface area contributed by atoms with Gasteiger partial charge in [0, 0.05) is 38.5 Å². The zero-order chi connectivity index (χ0) is 19.5. The van der Waals surface area contributed by atoms with Gasteiger partial charge in [-0.15, -0.1) is 0 Å². The lowest BCUT2D eigenvalue weighted by Gasteiger charge is -2.35. The quantitative estimate of drug-likeness (QED) is 0.769. The van der Waals surface area contributed by atoms with E-state index in [1.807, 2.05) is 9.80 Å². The average molecular weight is 387 g/mol. The van der Waals surface area contributed by atoms with Gasteiger partial charge in [0.05, 0.1) is 0 Å². The molecule has 2 atom stereocenters. The number of halogens is 1. The minimum absolute atomic E-state index is 0.0269. The van der Waals surface area contributed by atoms with Crippen LogP contribution in [-0.4, -0.2) is 47.8 Å². The number of carbonyl (C=O) groups is 2. The zero-order valence-electron chi connectivity index (χ0n) is 16.6. The molecular weight excluding hydrogens is 355 g/mol. The van der Waals surface area contributed by atoms with E-state index in [0.29, 0.717) is 32.6 Å². The van der Waals surface area contributed by atoms with Gasteiger partial charge in [-0.2, -0.15) is 0 Å². The second-order valence-corrected chi connectivity index (χ2v) is 8.75. The molecular formula is C23H31FN2O2. The van der Waals surface area contributed by atoms with Crippen molar-refractivity contribution in [3.63, 3.8) is 0 Å². The Labute approximate surface area is 167 Å². The molecule has 2 saturated carbocycles. The van der Waals surface area contributed by atoms with Gasteiger partial charge < -0.3 is 9.80 Å². The van der Waals surface area contributed by atoms with Gasteiger partial charge in [0.2, 0.25) is 11.8 Å². The molecule has 1 aromatic rings. The van der Waals surface area contributed by atoms with Crippen molar-refractivity contribution in [2.24, 2.45) is 11.8 Å². The number of hydrogen-bond acceptors (Lipinski definition) is 2. The summed E-state index contributed by atoms with van der Waals surface area (Å²) < 4.78 is 13.1. The van der Waals surface area contributed by atoms with Crippen molar-refractivity contribution >= 4 is 11.8 Å². The molecule has 4 rings (SSSR count). The Bertz CT molecular complexity index is 691. The van der Waals surface area contributed by atoms with Gasteiger partial charge >= 0.3 is 0 Å². The minimum Gasteiger partial charge on any atom is -0.339 e. The lowest BCUT2D eigenvalue weighted by molar-refractivity contribution is -0.140. The standard InChI is InChI=1S/C23H31FN2O2/c24-19-9-7-18(8-10-19)20-16-21(20)23(28)26-14-12-25(13-15-26)22(27)11-6-17-4-2-1-3-5-17/h7-10,17,20-21H,1-6,11-16H2. The third-order valence-electron chi connectivity index (χ3n) is 6.84. The minimum atomic E-state index is -0.239. The first kappa shape index (κ1) is 19.4. The van der Waals surface area contributed by atoms with Gasteiger partial charge in [0.1, 0.15) is 5.82 Å². The number of piperazine rings is 1. The van der Waals surface area contributed by atoms with Crippen LogP contribution < -0.4 is 0 Å². The van der Waals surface area contributed by atoms with Crippen LogP contribution in [-0.2, 0) is 9.59 Å². The maximum atomic E-state index is 13.1. The fourth-order valence-corrected chi connectivity index (χ4v) is 4.92. The van der Waals surface area contributed by atoms with E-state index < -0.39 is 0 Å². The van der Waals surface area contributed by atoms with Gasteiger partial charge in [-0.3, -0.25) is 9.59 Å². The first-order valence-electron chi connectivity index (χ1n) is 10.9. The molecule has 2 aliphatic carbocycles. The smallest absolute Gasteiger partial charge is 0.226 e. The topological polar surface area (TPSA) is 40.6 Å². The van der Waals surface area contributed by atoms with Gasteiger partial charge in [-0.25, -0.2) is 4.39 Å². The lowest BCUT2D eigenvalue weighted by atomic mass is 9.86. The summed E-state index contributed by atoms with van der Waals surface area (Å²) >= 11 is 0. The molecule has 3 aliphatic rings. The molecule has 3 fully saturated rings. The molecule has 0 bridgehead atoms. The van der Waals surface area contributed by atoms with Crippen molar-refractivity contribution in [3.8, 4) is 0 Å². The fraction of sp³-hybridized carbons (Fsp3) is 0.652. The number of carbonyl (C=O) groups excluding carboxylic acids is 2. The van der Waals surface area contributed by atoms with Crippen LogP contribution in [0.15, 0.2) is 24.3 Å². The van der Waals surface area contributed by atoms with E-state index in [1.165, 1.54) is 44.2 Å². The van der Waals surface area contributed by atoms with E-state index in [2.05, 4.69) is 0 Å². The Kier molecular flexibility index (Phi) is 5.98. The summed E-state index contributed by atoms with van der Waals surface area (Å²) in [4.78, 5) is 29.1. The molecule has 0 radical (unpaired) electrons. The Balaban J connectivity index is 1.20. The second kappa shape index (κ2) is 8.62. The Hall–Kier alpha value is -1.91. The van der Waals surface area contributed by atoms with Crippen LogP contribution in [0.3, 0.4) is 0 Å². The highest BCUT2D eigenvalue weighted by atomic mass is 19.1. The number of rotatable bonds is 5. The molecule has 0 spiro atoms. The molecule has 5 heteroatoms. The molecule has 1 heterocycles. The van der Waals surface area contributed by atoms with Gasteiger partial charge in [-0.05, 0) is 42.4 Å². The highest BCUT2D eigenvalue weighted by Gasteiger charge is 2.46.